The number of carbonyl (C=O) groups is 1. The van der Waals surface area contributed by atoms with Crippen molar-refractivity contribution in [3.63, 3.8) is 0 Å². The summed E-state index contributed by atoms with van der Waals surface area (Å²) in [5.41, 5.74) is 3.82. The lowest BCUT2D eigenvalue weighted by molar-refractivity contribution is 0.101. The van der Waals surface area contributed by atoms with Gasteiger partial charge in [0.05, 0.1) is 11.2 Å². The molecule has 0 amide bonds. The predicted molar refractivity (Wildman–Crippen MR) is 77.7 cm³/mol. The Morgan fingerprint density at radius 3 is 2.61 bits per heavy atom. The molecular formula is C14H15NOS2. The van der Waals surface area contributed by atoms with E-state index in [1.807, 2.05) is 41.5 Å². The molecule has 0 unspecified atom stereocenters. The SMILES string of the molecule is CC(=O)c1ccc(SCCc2scnc2C)cc1. The highest BCUT2D eigenvalue weighted by Gasteiger charge is 2.03. The third-order valence-electron chi connectivity index (χ3n) is 2.70. The summed E-state index contributed by atoms with van der Waals surface area (Å²) in [6, 6.07) is 7.81. The van der Waals surface area contributed by atoms with Crippen molar-refractivity contribution in [1.29, 1.82) is 0 Å². The molecule has 1 aromatic heterocycles. The smallest absolute Gasteiger partial charge is 0.159 e. The molecule has 0 radical (unpaired) electrons. The van der Waals surface area contributed by atoms with Gasteiger partial charge in [0, 0.05) is 21.1 Å². The normalized spacial score (nSPS) is 10.6. The number of aromatic nitrogens is 1. The maximum Gasteiger partial charge on any atom is 0.159 e. The molecule has 0 aliphatic carbocycles. The quantitative estimate of drug-likeness (QED) is 0.611. The lowest BCUT2D eigenvalue weighted by atomic mass is 10.2. The van der Waals surface area contributed by atoms with Gasteiger partial charge in [0.25, 0.3) is 0 Å². The maximum absolute atomic E-state index is 11.2. The molecule has 0 atom stereocenters. The molecule has 0 spiro atoms. The van der Waals surface area contributed by atoms with E-state index in [1.54, 1.807) is 18.3 Å². The van der Waals surface area contributed by atoms with Gasteiger partial charge >= 0.3 is 0 Å². The number of nitrogens with zero attached hydrogens (tertiary/aromatic N) is 1. The molecular weight excluding hydrogens is 262 g/mol. The van der Waals surface area contributed by atoms with E-state index in [4.69, 9.17) is 0 Å². The van der Waals surface area contributed by atoms with Crippen molar-refractivity contribution in [3.05, 3.63) is 45.9 Å². The molecule has 0 aliphatic heterocycles. The molecule has 0 N–H and O–H groups in total. The highest BCUT2D eigenvalue weighted by molar-refractivity contribution is 7.99. The minimum absolute atomic E-state index is 0.117. The minimum atomic E-state index is 0.117. The van der Waals surface area contributed by atoms with Crippen molar-refractivity contribution >= 4 is 28.9 Å². The van der Waals surface area contributed by atoms with Crippen molar-refractivity contribution in [2.24, 2.45) is 0 Å². The van der Waals surface area contributed by atoms with Crippen molar-refractivity contribution in [2.45, 2.75) is 25.2 Å². The first-order chi connectivity index (χ1) is 8.66. The van der Waals surface area contributed by atoms with Crippen LogP contribution in [0.5, 0.6) is 0 Å². The lowest BCUT2D eigenvalue weighted by Gasteiger charge is -2.02. The van der Waals surface area contributed by atoms with E-state index >= 15 is 0 Å². The van der Waals surface area contributed by atoms with E-state index in [2.05, 4.69) is 11.9 Å². The Kier molecular flexibility index (Phi) is 4.55. The lowest BCUT2D eigenvalue weighted by Crippen LogP contribution is -1.91. The number of thiazole rings is 1. The van der Waals surface area contributed by atoms with E-state index < -0.39 is 0 Å². The van der Waals surface area contributed by atoms with Crippen LogP contribution in [0.2, 0.25) is 0 Å². The van der Waals surface area contributed by atoms with Gasteiger partial charge in [-0.2, -0.15) is 0 Å². The first-order valence-electron chi connectivity index (χ1n) is 5.79. The van der Waals surface area contributed by atoms with Crippen molar-refractivity contribution in [1.82, 2.24) is 4.98 Å². The first-order valence-corrected chi connectivity index (χ1v) is 7.66. The summed E-state index contributed by atoms with van der Waals surface area (Å²) in [6.45, 7) is 3.65. The molecule has 0 fully saturated rings. The molecule has 4 heteroatoms. The molecule has 94 valence electrons. The van der Waals surface area contributed by atoms with Gasteiger partial charge in [-0.15, -0.1) is 23.1 Å². The van der Waals surface area contributed by atoms with E-state index in [9.17, 15) is 4.79 Å². The number of ketones is 1. The van der Waals surface area contributed by atoms with Gasteiger partial charge in [0.2, 0.25) is 0 Å². The number of thioether (sulfide) groups is 1. The molecule has 0 bridgehead atoms. The number of hydrogen-bond acceptors (Lipinski definition) is 4. The Morgan fingerprint density at radius 2 is 2.06 bits per heavy atom. The van der Waals surface area contributed by atoms with Crippen molar-refractivity contribution in [3.8, 4) is 0 Å². The van der Waals surface area contributed by atoms with Crippen LogP contribution in [-0.4, -0.2) is 16.5 Å². The van der Waals surface area contributed by atoms with Gasteiger partial charge in [-0.25, -0.2) is 4.98 Å². The summed E-state index contributed by atoms with van der Waals surface area (Å²) in [5, 5.41) is 0. The van der Waals surface area contributed by atoms with E-state index in [0.29, 0.717) is 0 Å². The fourth-order valence-electron chi connectivity index (χ4n) is 1.61. The number of carbonyl (C=O) groups excluding carboxylic acids is 1. The van der Waals surface area contributed by atoms with Gasteiger partial charge in [-0.1, -0.05) is 12.1 Å². The Hall–Kier alpha value is -1.13. The summed E-state index contributed by atoms with van der Waals surface area (Å²) in [5.74, 6) is 1.16. The maximum atomic E-state index is 11.2. The average Bonchev–Trinajstić information content (AvgIpc) is 2.76. The average molecular weight is 277 g/mol. The summed E-state index contributed by atoms with van der Waals surface area (Å²) >= 11 is 3.54. The van der Waals surface area contributed by atoms with Crippen LogP contribution in [0, 0.1) is 6.92 Å². The Morgan fingerprint density at radius 1 is 1.33 bits per heavy atom. The Labute approximate surface area is 115 Å². The fourth-order valence-corrected chi connectivity index (χ4v) is 3.39. The predicted octanol–water partition coefficient (Wildman–Crippen LogP) is 3.99. The molecule has 18 heavy (non-hydrogen) atoms. The molecule has 2 rings (SSSR count). The van der Waals surface area contributed by atoms with Crippen molar-refractivity contribution < 1.29 is 4.79 Å². The minimum Gasteiger partial charge on any atom is -0.295 e. The molecule has 0 aliphatic rings. The third kappa shape index (κ3) is 3.43. The molecule has 0 saturated heterocycles. The van der Waals surface area contributed by atoms with Gasteiger partial charge in [0.1, 0.15) is 0 Å². The standard InChI is InChI=1S/C14H15NOS2/c1-10-14(18-9-15-10)7-8-17-13-5-3-12(4-6-13)11(2)16/h3-6,9H,7-8H2,1-2H3. The zero-order valence-electron chi connectivity index (χ0n) is 10.5. The van der Waals surface area contributed by atoms with Gasteiger partial charge in [-0.05, 0) is 32.4 Å². The van der Waals surface area contributed by atoms with Crippen LogP contribution in [0.3, 0.4) is 0 Å². The highest BCUT2D eigenvalue weighted by atomic mass is 32.2. The summed E-state index contributed by atoms with van der Waals surface area (Å²) in [4.78, 5) is 18.0. The molecule has 1 aromatic carbocycles. The zero-order valence-corrected chi connectivity index (χ0v) is 12.1. The summed E-state index contributed by atoms with van der Waals surface area (Å²) in [6.07, 6.45) is 1.05. The van der Waals surface area contributed by atoms with Gasteiger partial charge < -0.3 is 0 Å². The number of rotatable bonds is 5. The van der Waals surface area contributed by atoms with Crippen LogP contribution in [-0.2, 0) is 6.42 Å². The second-order valence-corrected chi connectivity index (χ2v) is 6.15. The zero-order chi connectivity index (χ0) is 13.0. The highest BCUT2D eigenvalue weighted by Crippen LogP contribution is 2.22. The monoisotopic (exact) mass is 277 g/mol. The summed E-state index contributed by atoms with van der Waals surface area (Å²) in [7, 11) is 0. The van der Waals surface area contributed by atoms with Crippen LogP contribution >= 0.6 is 23.1 Å². The van der Waals surface area contributed by atoms with Gasteiger partial charge in [0.15, 0.2) is 5.78 Å². The van der Waals surface area contributed by atoms with E-state index in [0.717, 1.165) is 23.4 Å². The number of benzene rings is 1. The first kappa shape index (κ1) is 13.3. The number of aryl methyl sites for hydroxylation is 2. The van der Waals surface area contributed by atoms with Crippen LogP contribution in [0.15, 0.2) is 34.7 Å². The van der Waals surface area contributed by atoms with Crippen LogP contribution in [0.25, 0.3) is 0 Å². The number of Topliss-reactive ketones (excluding diaryl/α,β-unsaturated/α-hetero) is 1. The van der Waals surface area contributed by atoms with E-state index in [-0.39, 0.29) is 5.78 Å². The van der Waals surface area contributed by atoms with Gasteiger partial charge in [-0.3, -0.25) is 4.79 Å². The fraction of sp³-hybridized carbons (Fsp3) is 0.286. The molecule has 0 saturated carbocycles. The van der Waals surface area contributed by atoms with Crippen LogP contribution in [0.1, 0.15) is 27.9 Å². The number of hydrogen-bond donors (Lipinski definition) is 0. The second kappa shape index (κ2) is 6.16. The second-order valence-electron chi connectivity index (χ2n) is 4.04. The largest absolute Gasteiger partial charge is 0.295 e. The van der Waals surface area contributed by atoms with Crippen LogP contribution in [0.4, 0.5) is 0 Å². The Balaban J connectivity index is 1.87. The molecule has 2 aromatic rings. The molecule has 2 nitrogen and oxygen atoms in total. The molecule has 1 heterocycles. The van der Waals surface area contributed by atoms with E-state index in [1.165, 1.54) is 9.77 Å². The third-order valence-corrected chi connectivity index (χ3v) is 4.71. The topological polar surface area (TPSA) is 30.0 Å². The van der Waals surface area contributed by atoms with Crippen molar-refractivity contribution in [2.75, 3.05) is 5.75 Å². The van der Waals surface area contributed by atoms with Crippen LogP contribution < -0.4 is 0 Å². The summed E-state index contributed by atoms with van der Waals surface area (Å²) < 4.78 is 0. The Bertz CT molecular complexity index is 531.